The molecule has 1 rings (SSSR count). The van der Waals surface area contributed by atoms with Crippen LogP contribution < -0.4 is 0 Å². The molecule has 1 aliphatic carbocycles. The number of amides is 1. The Bertz CT molecular complexity index is 311. The van der Waals surface area contributed by atoms with Gasteiger partial charge in [-0.15, -0.1) is 0 Å². The summed E-state index contributed by atoms with van der Waals surface area (Å²) in [6, 6.07) is 0.0608. The smallest absolute Gasteiger partial charge is 0.407 e. The number of hydrogen-bond donors (Lipinski definition) is 1. The monoisotopic (exact) mass is 226 g/mol. The zero-order chi connectivity index (χ0) is 12.3. The predicted octanol–water partition coefficient (Wildman–Crippen LogP) is 2.85. The quantitative estimate of drug-likeness (QED) is 0.455. The SMILES string of the molecule is CC(C)(C)N(CC1CC(N=[N+]=[N-])C1)C(=O)O. The zero-order valence-corrected chi connectivity index (χ0v) is 9.92. The van der Waals surface area contributed by atoms with Gasteiger partial charge in [0.1, 0.15) is 0 Å². The van der Waals surface area contributed by atoms with Gasteiger partial charge in [-0.1, -0.05) is 5.11 Å². The zero-order valence-electron chi connectivity index (χ0n) is 9.92. The molecule has 0 radical (unpaired) electrons. The molecule has 16 heavy (non-hydrogen) atoms. The average Bonchev–Trinajstić information content (AvgIpc) is 2.05. The fourth-order valence-electron chi connectivity index (χ4n) is 1.91. The van der Waals surface area contributed by atoms with Gasteiger partial charge in [0.05, 0.1) is 0 Å². The van der Waals surface area contributed by atoms with Crippen LogP contribution in [-0.4, -0.2) is 34.2 Å². The van der Waals surface area contributed by atoms with E-state index in [0.29, 0.717) is 12.5 Å². The van der Waals surface area contributed by atoms with Crippen molar-refractivity contribution in [2.75, 3.05) is 6.54 Å². The molecule has 0 unspecified atom stereocenters. The molecule has 1 N–H and O–H groups in total. The van der Waals surface area contributed by atoms with E-state index in [1.165, 1.54) is 4.90 Å². The Labute approximate surface area is 94.9 Å². The first-order valence-corrected chi connectivity index (χ1v) is 5.39. The third kappa shape index (κ3) is 3.03. The van der Waals surface area contributed by atoms with Crippen LogP contribution in [0.1, 0.15) is 33.6 Å². The van der Waals surface area contributed by atoms with E-state index in [1.54, 1.807) is 0 Å². The summed E-state index contributed by atoms with van der Waals surface area (Å²) in [6.45, 7) is 6.16. The minimum absolute atomic E-state index is 0.0608. The topological polar surface area (TPSA) is 89.3 Å². The van der Waals surface area contributed by atoms with Crippen molar-refractivity contribution in [2.24, 2.45) is 11.0 Å². The first kappa shape index (κ1) is 12.6. The highest BCUT2D eigenvalue weighted by molar-refractivity contribution is 5.66. The molecule has 1 amide bonds. The molecule has 0 aliphatic heterocycles. The van der Waals surface area contributed by atoms with E-state index < -0.39 is 6.09 Å². The summed E-state index contributed by atoms with van der Waals surface area (Å²) in [6.07, 6.45) is 0.702. The molecule has 1 aliphatic rings. The lowest BCUT2D eigenvalue weighted by Crippen LogP contribution is -2.49. The highest BCUT2D eigenvalue weighted by Gasteiger charge is 2.34. The molecule has 0 aromatic rings. The summed E-state index contributed by atoms with van der Waals surface area (Å²) >= 11 is 0. The Morgan fingerprint density at radius 3 is 2.50 bits per heavy atom. The Balaban J connectivity index is 2.47. The first-order valence-electron chi connectivity index (χ1n) is 5.39. The van der Waals surface area contributed by atoms with Crippen LogP contribution >= 0.6 is 0 Å². The number of hydrogen-bond acceptors (Lipinski definition) is 2. The van der Waals surface area contributed by atoms with Crippen molar-refractivity contribution in [1.29, 1.82) is 0 Å². The van der Waals surface area contributed by atoms with Crippen molar-refractivity contribution in [2.45, 2.75) is 45.2 Å². The van der Waals surface area contributed by atoms with Crippen LogP contribution in [0.4, 0.5) is 4.79 Å². The predicted molar refractivity (Wildman–Crippen MR) is 60.1 cm³/mol. The van der Waals surface area contributed by atoms with Crippen molar-refractivity contribution >= 4 is 6.09 Å². The van der Waals surface area contributed by atoms with Gasteiger partial charge in [-0.25, -0.2) is 4.79 Å². The second kappa shape index (κ2) is 4.61. The van der Waals surface area contributed by atoms with Gasteiger partial charge in [-0.2, -0.15) is 0 Å². The highest BCUT2D eigenvalue weighted by atomic mass is 16.4. The van der Waals surface area contributed by atoms with Gasteiger partial charge in [0.15, 0.2) is 0 Å². The molecule has 0 saturated heterocycles. The van der Waals surface area contributed by atoms with E-state index in [1.807, 2.05) is 20.8 Å². The van der Waals surface area contributed by atoms with Gasteiger partial charge in [0, 0.05) is 23.0 Å². The fraction of sp³-hybridized carbons (Fsp3) is 0.900. The normalized spacial score (nSPS) is 24.2. The standard InChI is InChI=1S/C10H18N4O2/c1-10(2,3)14(9(15)16)6-7-4-8(5-7)12-13-11/h7-8H,4-6H2,1-3H3,(H,15,16). The van der Waals surface area contributed by atoms with Crippen molar-refractivity contribution in [3.63, 3.8) is 0 Å². The number of rotatable bonds is 3. The summed E-state index contributed by atoms with van der Waals surface area (Å²) in [5, 5.41) is 12.7. The molecule has 0 heterocycles. The van der Waals surface area contributed by atoms with Crippen molar-refractivity contribution in [3.8, 4) is 0 Å². The maximum Gasteiger partial charge on any atom is 0.407 e. The maximum atomic E-state index is 11.1. The number of carboxylic acid groups (broad SMARTS) is 1. The third-order valence-corrected chi connectivity index (χ3v) is 2.91. The van der Waals surface area contributed by atoms with E-state index in [0.717, 1.165) is 12.8 Å². The summed E-state index contributed by atoms with van der Waals surface area (Å²) in [5.41, 5.74) is 7.86. The molecule has 6 nitrogen and oxygen atoms in total. The van der Waals surface area contributed by atoms with Crippen LogP contribution in [0.25, 0.3) is 10.4 Å². The largest absolute Gasteiger partial charge is 0.465 e. The minimum atomic E-state index is -0.889. The van der Waals surface area contributed by atoms with E-state index in [9.17, 15) is 4.79 Å². The van der Waals surface area contributed by atoms with E-state index in [2.05, 4.69) is 10.0 Å². The number of nitrogens with zero attached hydrogens (tertiary/aromatic N) is 4. The summed E-state index contributed by atoms with van der Waals surface area (Å²) in [4.78, 5) is 15.3. The Hall–Kier alpha value is -1.42. The van der Waals surface area contributed by atoms with Crippen LogP contribution in [0.3, 0.4) is 0 Å². The van der Waals surface area contributed by atoms with Crippen molar-refractivity contribution < 1.29 is 9.90 Å². The molecule has 1 saturated carbocycles. The second-order valence-electron chi connectivity index (χ2n) is 5.26. The minimum Gasteiger partial charge on any atom is -0.465 e. The summed E-state index contributed by atoms with van der Waals surface area (Å²) in [5.74, 6) is 0.325. The van der Waals surface area contributed by atoms with Gasteiger partial charge >= 0.3 is 6.09 Å². The average molecular weight is 226 g/mol. The third-order valence-electron chi connectivity index (χ3n) is 2.91. The van der Waals surface area contributed by atoms with Gasteiger partial charge in [0.2, 0.25) is 0 Å². The fourth-order valence-corrected chi connectivity index (χ4v) is 1.91. The summed E-state index contributed by atoms with van der Waals surface area (Å²) < 4.78 is 0. The summed E-state index contributed by atoms with van der Waals surface area (Å²) in [7, 11) is 0. The van der Waals surface area contributed by atoms with E-state index >= 15 is 0 Å². The van der Waals surface area contributed by atoms with Gasteiger partial charge in [0.25, 0.3) is 0 Å². The van der Waals surface area contributed by atoms with Crippen LogP contribution in [0.5, 0.6) is 0 Å². The van der Waals surface area contributed by atoms with Crippen LogP contribution in [0.2, 0.25) is 0 Å². The molecule has 0 aromatic carbocycles. The molecule has 0 aromatic heterocycles. The van der Waals surface area contributed by atoms with Gasteiger partial charge in [-0.3, -0.25) is 0 Å². The molecule has 0 spiro atoms. The number of azide groups is 1. The van der Waals surface area contributed by atoms with E-state index in [4.69, 9.17) is 10.6 Å². The highest BCUT2D eigenvalue weighted by Crippen LogP contribution is 2.32. The molecule has 6 heteroatoms. The molecule has 1 fully saturated rings. The number of carbonyl (C=O) groups is 1. The first-order chi connectivity index (χ1) is 7.34. The Morgan fingerprint density at radius 1 is 1.56 bits per heavy atom. The lowest BCUT2D eigenvalue weighted by molar-refractivity contribution is 0.0721. The molecule has 0 atom stereocenters. The van der Waals surface area contributed by atoms with Crippen molar-refractivity contribution in [1.82, 2.24) is 4.90 Å². The van der Waals surface area contributed by atoms with Crippen molar-refractivity contribution in [3.05, 3.63) is 10.4 Å². The Kier molecular flexibility index (Phi) is 3.65. The molecule has 90 valence electrons. The maximum absolute atomic E-state index is 11.1. The van der Waals surface area contributed by atoms with Crippen LogP contribution in [0, 0.1) is 5.92 Å². The Morgan fingerprint density at radius 2 is 2.12 bits per heavy atom. The molecule has 0 bridgehead atoms. The van der Waals surface area contributed by atoms with Crippen LogP contribution in [0.15, 0.2) is 5.11 Å². The van der Waals surface area contributed by atoms with E-state index in [-0.39, 0.29) is 11.6 Å². The lowest BCUT2D eigenvalue weighted by Gasteiger charge is -2.40. The van der Waals surface area contributed by atoms with Crippen LogP contribution in [-0.2, 0) is 0 Å². The second-order valence-corrected chi connectivity index (χ2v) is 5.26. The lowest BCUT2D eigenvalue weighted by atomic mass is 9.80. The molecular formula is C10H18N4O2. The van der Waals surface area contributed by atoms with Gasteiger partial charge < -0.3 is 10.0 Å². The van der Waals surface area contributed by atoms with Gasteiger partial charge in [-0.05, 0) is 45.1 Å². The molecular weight excluding hydrogens is 208 g/mol.